The molecule has 0 saturated carbocycles. The number of ether oxygens (including phenoxy) is 1. The number of nitrogens with one attached hydrogen (secondary N) is 1. The average Bonchev–Trinajstić information content (AvgIpc) is 2.85. The largest absolute Gasteiger partial charge is 0.497 e. The molecule has 0 aliphatic carbocycles. The van der Waals surface area contributed by atoms with Crippen molar-refractivity contribution in [1.82, 2.24) is 4.90 Å². The van der Waals surface area contributed by atoms with E-state index in [-0.39, 0.29) is 29.5 Å². The number of sulfonamides is 1. The van der Waals surface area contributed by atoms with Crippen molar-refractivity contribution < 1.29 is 22.4 Å². The summed E-state index contributed by atoms with van der Waals surface area (Å²) in [5, 5.41) is 0.529. The highest BCUT2D eigenvalue weighted by atomic mass is 35.5. The predicted molar refractivity (Wildman–Crippen MR) is 143 cm³/mol. The molecule has 4 rings (SSSR count). The van der Waals surface area contributed by atoms with Crippen LogP contribution in [0.25, 0.3) is 11.0 Å². The Morgan fingerprint density at radius 2 is 1.83 bits per heavy atom. The number of hydrogen-bond acceptors (Lipinski definition) is 7. The molecule has 3 aromatic rings. The molecule has 1 saturated heterocycles. The van der Waals surface area contributed by atoms with Crippen LogP contribution in [-0.4, -0.2) is 52.1 Å². The SMILES string of the molecule is COc1ccc2occ(CCCN3CCC(C(=O)c4ccc(NS(C)(=O)=O)cc4)CC3)c(=O)c2c1.Cl. The Hall–Kier alpha value is -2.88. The maximum atomic E-state index is 12.9. The van der Waals surface area contributed by atoms with Crippen molar-refractivity contribution in [1.29, 1.82) is 0 Å². The van der Waals surface area contributed by atoms with Crippen molar-refractivity contribution in [2.75, 3.05) is 37.7 Å². The van der Waals surface area contributed by atoms with E-state index < -0.39 is 10.0 Å². The smallest absolute Gasteiger partial charge is 0.229 e. The zero-order chi connectivity index (χ0) is 25.0. The highest BCUT2D eigenvalue weighted by Crippen LogP contribution is 2.24. The van der Waals surface area contributed by atoms with Crippen molar-refractivity contribution in [2.45, 2.75) is 25.7 Å². The lowest BCUT2D eigenvalue weighted by atomic mass is 9.88. The summed E-state index contributed by atoms with van der Waals surface area (Å²) in [5.74, 6) is 0.683. The fourth-order valence-electron chi connectivity index (χ4n) is 4.51. The molecule has 0 radical (unpaired) electrons. The van der Waals surface area contributed by atoms with Crippen LogP contribution in [0.4, 0.5) is 5.69 Å². The number of anilines is 1. The van der Waals surface area contributed by atoms with Gasteiger partial charge in [0.05, 0.1) is 25.0 Å². The number of aryl methyl sites for hydroxylation is 1. The monoisotopic (exact) mass is 534 g/mol. The average molecular weight is 535 g/mol. The van der Waals surface area contributed by atoms with Crippen LogP contribution in [0, 0.1) is 5.92 Å². The molecule has 1 aliphatic rings. The zero-order valence-electron chi connectivity index (χ0n) is 20.4. The summed E-state index contributed by atoms with van der Waals surface area (Å²) in [4.78, 5) is 28.0. The van der Waals surface area contributed by atoms with Gasteiger partial charge in [-0.3, -0.25) is 14.3 Å². The molecule has 1 aromatic heterocycles. The Balaban J connectivity index is 0.00000361. The summed E-state index contributed by atoms with van der Waals surface area (Å²) in [6.07, 6.45) is 5.66. The van der Waals surface area contributed by atoms with Crippen molar-refractivity contribution in [3.63, 3.8) is 0 Å². The summed E-state index contributed by atoms with van der Waals surface area (Å²) in [7, 11) is -1.78. The summed E-state index contributed by atoms with van der Waals surface area (Å²) in [5.41, 5.74) is 2.23. The van der Waals surface area contributed by atoms with Crippen LogP contribution in [0.1, 0.15) is 35.2 Å². The number of methoxy groups -OCH3 is 1. The van der Waals surface area contributed by atoms with E-state index in [0.29, 0.717) is 40.0 Å². The van der Waals surface area contributed by atoms with Crippen LogP contribution in [0.3, 0.4) is 0 Å². The molecular weight excluding hydrogens is 504 g/mol. The molecule has 0 spiro atoms. The number of halogens is 1. The molecule has 2 heterocycles. The first-order valence-electron chi connectivity index (χ1n) is 11.7. The molecule has 1 N–H and O–H groups in total. The number of carbonyl (C=O) groups is 1. The van der Waals surface area contributed by atoms with E-state index in [9.17, 15) is 18.0 Å². The Morgan fingerprint density at radius 3 is 2.47 bits per heavy atom. The van der Waals surface area contributed by atoms with Crippen LogP contribution in [-0.2, 0) is 16.4 Å². The van der Waals surface area contributed by atoms with Crippen molar-refractivity contribution in [3.8, 4) is 5.75 Å². The number of hydrogen-bond donors (Lipinski definition) is 1. The standard InChI is InChI=1S/C26H30N2O6S.ClH/c1-33-22-9-10-24-23(16-22)26(30)20(17-34-24)4-3-13-28-14-11-19(12-15-28)25(29)18-5-7-21(8-6-18)27-35(2,31)32;/h5-10,16-17,19,27H,3-4,11-15H2,1-2H3;1H. The van der Waals surface area contributed by atoms with Crippen LogP contribution in [0.15, 0.2) is 57.9 Å². The number of ketones is 1. The van der Waals surface area contributed by atoms with Gasteiger partial charge in [-0.2, -0.15) is 0 Å². The topological polar surface area (TPSA) is 106 Å². The number of fused-ring (bicyclic) bond motifs is 1. The number of nitrogens with zero attached hydrogens (tertiary/aromatic N) is 1. The van der Waals surface area contributed by atoms with E-state index in [4.69, 9.17) is 9.15 Å². The number of carbonyl (C=O) groups excluding carboxylic acids is 1. The van der Waals surface area contributed by atoms with Gasteiger partial charge in [-0.1, -0.05) is 0 Å². The third-order valence-electron chi connectivity index (χ3n) is 6.40. The van der Waals surface area contributed by atoms with Gasteiger partial charge in [0.1, 0.15) is 11.3 Å². The maximum Gasteiger partial charge on any atom is 0.229 e. The zero-order valence-corrected chi connectivity index (χ0v) is 22.0. The molecule has 36 heavy (non-hydrogen) atoms. The number of rotatable bonds is 9. The molecule has 8 nitrogen and oxygen atoms in total. The van der Waals surface area contributed by atoms with Crippen LogP contribution >= 0.6 is 12.4 Å². The van der Waals surface area contributed by atoms with Crippen LogP contribution in [0.5, 0.6) is 5.75 Å². The van der Waals surface area contributed by atoms with Crippen molar-refractivity contribution >= 4 is 44.9 Å². The highest BCUT2D eigenvalue weighted by Gasteiger charge is 2.25. The minimum atomic E-state index is -3.35. The fourth-order valence-corrected chi connectivity index (χ4v) is 5.08. The van der Waals surface area contributed by atoms with E-state index in [2.05, 4.69) is 9.62 Å². The molecular formula is C26H31ClN2O6S. The third-order valence-corrected chi connectivity index (χ3v) is 7.01. The Labute approximate surface area is 217 Å². The molecule has 0 bridgehead atoms. The predicted octanol–water partition coefficient (Wildman–Crippen LogP) is 4.12. The van der Waals surface area contributed by atoms with Gasteiger partial charge in [-0.15, -0.1) is 12.4 Å². The van der Waals surface area contributed by atoms with Gasteiger partial charge in [0, 0.05) is 22.7 Å². The minimum absolute atomic E-state index is 0. The van der Waals surface area contributed by atoms with E-state index in [1.807, 2.05) is 0 Å². The quantitative estimate of drug-likeness (QED) is 0.411. The molecule has 1 fully saturated rings. The Kier molecular flexibility index (Phi) is 9.16. The molecule has 10 heteroatoms. The molecule has 0 amide bonds. The van der Waals surface area contributed by atoms with Gasteiger partial charge in [0.15, 0.2) is 11.2 Å². The lowest BCUT2D eigenvalue weighted by Gasteiger charge is -2.31. The summed E-state index contributed by atoms with van der Waals surface area (Å²) in [6.45, 7) is 2.50. The normalized spacial score (nSPS) is 14.8. The molecule has 0 atom stereocenters. The highest BCUT2D eigenvalue weighted by molar-refractivity contribution is 7.92. The summed E-state index contributed by atoms with van der Waals surface area (Å²) >= 11 is 0. The van der Waals surface area contributed by atoms with Crippen molar-refractivity contribution in [3.05, 3.63) is 70.1 Å². The molecule has 194 valence electrons. The first-order valence-corrected chi connectivity index (χ1v) is 13.6. The molecule has 1 aliphatic heterocycles. The summed E-state index contributed by atoms with van der Waals surface area (Å²) in [6, 6.07) is 11.8. The van der Waals surface area contributed by atoms with Gasteiger partial charge in [0.2, 0.25) is 10.0 Å². The van der Waals surface area contributed by atoms with E-state index in [0.717, 1.165) is 45.2 Å². The number of Topliss-reactive ketones (excluding diaryl/α,β-unsaturated/α-hetero) is 1. The van der Waals surface area contributed by atoms with Gasteiger partial charge in [-0.25, -0.2) is 8.42 Å². The summed E-state index contributed by atoms with van der Waals surface area (Å²) < 4.78 is 35.9. The van der Waals surface area contributed by atoms with Crippen molar-refractivity contribution in [2.24, 2.45) is 5.92 Å². The number of likely N-dealkylation sites (tertiary alicyclic amines) is 1. The second-order valence-corrected chi connectivity index (χ2v) is 10.7. The van der Waals surface area contributed by atoms with Gasteiger partial charge < -0.3 is 14.1 Å². The van der Waals surface area contributed by atoms with Gasteiger partial charge in [-0.05, 0) is 87.8 Å². The van der Waals surface area contributed by atoms with E-state index in [1.165, 1.54) is 0 Å². The van der Waals surface area contributed by atoms with E-state index in [1.54, 1.807) is 55.8 Å². The number of benzene rings is 2. The first kappa shape index (κ1) is 27.7. The number of piperidine rings is 1. The van der Waals surface area contributed by atoms with Crippen LogP contribution in [0.2, 0.25) is 0 Å². The second-order valence-electron chi connectivity index (χ2n) is 8.99. The maximum absolute atomic E-state index is 12.9. The van der Waals surface area contributed by atoms with Crippen LogP contribution < -0.4 is 14.9 Å². The third kappa shape index (κ3) is 6.87. The Morgan fingerprint density at radius 1 is 1.14 bits per heavy atom. The minimum Gasteiger partial charge on any atom is -0.497 e. The molecule has 0 unspecified atom stereocenters. The van der Waals surface area contributed by atoms with E-state index >= 15 is 0 Å². The molecule has 2 aromatic carbocycles. The fraction of sp³-hybridized carbons (Fsp3) is 0.385. The van der Waals surface area contributed by atoms with Gasteiger partial charge >= 0.3 is 0 Å². The van der Waals surface area contributed by atoms with Gasteiger partial charge in [0.25, 0.3) is 0 Å². The Bertz CT molecular complexity index is 1360. The second kappa shape index (κ2) is 11.9. The first-order chi connectivity index (χ1) is 16.7. The lowest BCUT2D eigenvalue weighted by molar-refractivity contribution is 0.0839. The lowest BCUT2D eigenvalue weighted by Crippen LogP contribution is -2.37.